The Morgan fingerprint density at radius 1 is 0.967 bits per heavy atom. The number of aliphatic hydroxyl groups is 3. The van der Waals surface area contributed by atoms with Crippen LogP contribution >= 0.6 is 0 Å². The highest BCUT2D eigenvalue weighted by Gasteiger charge is 2.65. The van der Waals surface area contributed by atoms with E-state index in [-0.39, 0.29) is 34.7 Å². The molecule has 0 amide bonds. The average Bonchev–Trinajstić information content (AvgIpc) is 3.08. The summed E-state index contributed by atoms with van der Waals surface area (Å²) in [7, 11) is 1.45. The minimum Gasteiger partial charge on any atom is -0.469 e. The lowest BCUT2D eigenvalue weighted by Crippen LogP contribution is -2.64. The molecule has 3 N–H and O–H groups in total. The predicted octanol–water partition coefficient (Wildman–Crippen LogP) is 3.54. The second kappa shape index (κ2) is 8.04. The van der Waals surface area contributed by atoms with E-state index >= 15 is 0 Å². The zero-order valence-electron chi connectivity index (χ0n) is 19.2. The smallest absolute Gasteiger partial charge is 0.305 e. The van der Waals surface area contributed by atoms with E-state index in [1.54, 1.807) is 0 Å². The number of carbonyl (C=O) groups excluding carboxylic acids is 1. The number of ether oxygens (including phenoxy) is 1. The Balaban J connectivity index is 1.56. The molecule has 4 saturated carbocycles. The van der Waals surface area contributed by atoms with E-state index in [0.717, 1.165) is 38.5 Å². The van der Waals surface area contributed by atoms with Gasteiger partial charge in [0.25, 0.3) is 0 Å². The van der Waals surface area contributed by atoms with Crippen LogP contribution in [-0.4, -0.2) is 46.7 Å². The number of fused-ring (bicyclic) bond motifs is 5. The van der Waals surface area contributed by atoms with E-state index < -0.39 is 12.2 Å². The topological polar surface area (TPSA) is 87.0 Å². The third kappa shape index (κ3) is 3.34. The Bertz CT molecular complexity index is 651. The molecule has 11 atom stereocenters. The van der Waals surface area contributed by atoms with E-state index in [9.17, 15) is 20.1 Å². The molecule has 0 spiro atoms. The normalized spacial score (nSPS) is 51.4. The molecule has 0 saturated heterocycles. The second-order valence-corrected chi connectivity index (χ2v) is 11.6. The van der Waals surface area contributed by atoms with E-state index in [1.165, 1.54) is 13.5 Å². The molecule has 0 aromatic rings. The van der Waals surface area contributed by atoms with Crippen molar-refractivity contribution in [1.29, 1.82) is 0 Å². The molecule has 4 fully saturated rings. The zero-order valence-corrected chi connectivity index (χ0v) is 19.2. The predicted molar refractivity (Wildman–Crippen MR) is 114 cm³/mol. The first-order valence-electron chi connectivity index (χ1n) is 12.2. The molecule has 0 radical (unpaired) electrons. The molecular weight excluding hydrogens is 380 g/mol. The molecule has 0 unspecified atom stereocenters. The van der Waals surface area contributed by atoms with Gasteiger partial charge in [-0.15, -0.1) is 0 Å². The minimum absolute atomic E-state index is 0.00182. The molecule has 0 heterocycles. The van der Waals surface area contributed by atoms with Crippen LogP contribution < -0.4 is 0 Å². The molecule has 0 bridgehead atoms. The molecule has 0 aliphatic heterocycles. The van der Waals surface area contributed by atoms with Gasteiger partial charge in [0.05, 0.1) is 25.4 Å². The summed E-state index contributed by atoms with van der Waals surface area (Å²) >= 11 is 0. The van der Waals surface area contributed by atoms with Crippen LogP contribution in [0.4, 0.5) is 0 Å². The molecule has 0 aromatic carbocycles. The van der Waals surface area contributed by atoms with Crippen LogP contribution in [0.25, 0.3) is 0 Å². The number of carbonyl (C=O) groups is 1. The van der Waals surface area contributed by atoms with Gasteiger partial charge >= 0.3 is 5.97 Å². The van der Waals surface area contributed by atoms with Gasteiger partial charge in [-0.25, -0.2) is 0 Å². The maximum atomic E-state index is 11.7. The van der Waals surface area contributed by atoms with Gasteiger partial charge in [0.2, 0.25) is 0 Å². The van der Waals surface area contributed by atoms with Crippen LogP contribution in [-0.2, 0) is 9.53 Å². The van der Waals surface area contributed by atoms with Gasteiger partial charge in [-0.3, -0.25) is 4.79 Å². The molecule has 4 aliphatic rings. The molecule has 0 aromatic heterocycles. The average molecular weight is 423 g/mol. The van der Waals surface area contributed by atoms with Crippen LogP contribution in [0.3, 0.4) is 0 Å². The zero-order chi connectivity index (χ0) is 21.8. The summed E-state index contributed by atoms with van der Waals surface area (Å²) < 4.78 is 4.84. The summed E-state index contributed by atoms with van der Waals surface area (Å²) in [4.78, 5) is 11.7. The van der Waals surface area contributed by atoms with Gasteiger partial charge in [-0.2, -0.15) is 0 Å². The van der Waals surface area contributed by atoms with E-state index in [4.69, 9.17) is 4.74 Å². The maximum absolute atomic E-state index is 11.7. The first kappa shape index (κ1) is 22.5. The summed E-state index contributed by atoms with van der Waals surface area (Å²) in [6.45, 7) is 7.02. The number of aliphatic hydroxyl groups excluding tert-OH is 3. The third-order valence-electron chi connectivity index (χ3n) is 10.5. The largest absolute Gasteiger partial charge is 0.469 e. The van der Waals surface area contributed by atoms with E-state index in [2.05, 4.69) is 20.8 Å². The van der Waals surface area contributed by atoms with Crippen LogP contribution in [0.5, 0.6) is 0 Å². The first-order chi connectivity index (χ1) is 14.1. The number of rotatable bonds is 4. The fourth-order valence-electron chi connectivity index (χ4n) is 8.86. The standard InChI is InChI=1S/C25H42O5/c1-14(5-8-20(27)30-4)16-6-7-17-21-18(10-12-24(16,17)2)25(3)11-9-15(26)13-19(25)22(28)23(21)29/h14-19,21-23,26,28-29H,5-13H2,1-4H3/t14-,15-,16-,17-,18-,19-,21-,22-,23-,24-,25-/m1/s1. The van der Waals surface area contributed by atoms with Crippen LogP contribution in [0.15, 0.2) is 0 Å². The monoisotopic (exact) mass is 422 g/mol. The number of hydrogen-bond acceptors (Lipinski definition) is 5. The maximum Gasteiger partial charge on any atom is 0.305 e. The molecule has 4 aliphatic carbocycles. The van der Waals surface area contributed by atoms with Crippen LogP contribution in [0.1, 0.15) is 78.6 Å². The Kier molecular flexibility index (Phi) is 6.04. The highest BCUT2D eigenvalue weighted by molar-refractivity contribution is 5.69. The summed E-state index contributed by atoms with van der Waals surface area (Å²) in [5, 5.41) is 32.7. The highest BCUT2D eigenvalue weighted by Crippen LogP contribution is 2.68. The number of esters is 1. The molecular formula is C25H42O5. The van der Waals surface area contributed by atoms with Crippen LogP contribution in [0.2, 0.25) is 0 Å². The summed E-state index contributed by atoms with van der Waals surface area (Å²) in [6, 6.07) is 0. The Morgan fingerprint density at radius 3 is 2.33 bits per heavy atom. The van der Waals surface area contributed by atoms with Gasteiger partial charge in [0, 0.05) is 6.42 Å². The Labute approximate surface area is 181 Å². The lowest BCUT2D eigenvalue weighted by molar-refractivity contribution is -0.223. The Hall–Kier alpha value is -0.650. The first-order valence-corrected chi connectivity index (χ1v) is 12.2. The fraction of sp³-hybridized carbons (Fsp3) is 0.960. The van der Waals surface area contributed by atoms with Crippen molar-refractivity contribution < 1.29 is 24.9 Å². The minimum atomic E-state index is -0.732. The highest BCUT2D eigenvalue weighted by atomic mass is 16.5. The van der Waals surface area contributed by atoms with Gasteiger partial charge in [0.1, 0.15) is 0 Å². The Morgan fingerprint density at radius 2 is 1.63 bits per heavy atom. The quantitative estimate of drug-likeness (QED) is 0.603. The van der Waals surface area contributed by atoms with Gasteiger partial charge < -0.3 is 20.1 Å². The summed E-state index contributed by atoms with van der Waals surface area (Å²) in [6.07, 6.45) is 6.48. The molecule has 30 heavy (non-hydrogen) atoms. The van der Waals surface area contributed by atoms with Gasteiger partial charge in [-0.1, -0.05) is 20.8 Å². The number of methoxy groups -OCH3 is 1. The van der Waals surface area contributed by atoms with Gasteiger partial charge in [-0.05, 0) is 97.7 Å². The summed E-state index contributed by atoms with van der Waals surface area (Å²) in [5.41, 5.74) is 0.174. The SMILES string of the molecule is COC(=O)CC[C@@H](C)[C@H]1CC[C@@H]2[C@H]3[C@@H](O)[C@H](O)[C@H]4C[C@H](O)CC[C@]4(C)[C@@H]3CC[C@@]21C. The van der Waals surface area contributed by atoms with Crippen molar-refractivity contribution in [2.75, 3.05) is 7.11 Å². The van der Waals surface area contributed by atoms with Crippen molar-refractivity contribution in [3.63, 3.8) is 0 Å². The van der Waals surface area contributed by atoms with Gasteiger partial charge in [0.15, 0.2) is 0 Å². The molecule has 172 valence electrons. The third-order valence-corrected chi connectivity index (χ3v) is 10.5. The van der Waals surface area contributed by atoms with Crippen molar-refractivity contribution in [1.82, 2.24) is 0 Å². The summed E-state index contributed by atoms with van der Waals surface area (Å²) in [5.74, 6) is 1.87. The van der Waals surface area contributed by atoms with E-state index in [1.807, 2.05) is 0 Å². The lowest BCUT2D eigenvalue weighted by Gasteiger charge is -2.63. The molecule has 5 heteroatoms. The fourth-order valence-corrected chi connectivity index (χ4v) is 8.86. The molecule has 5 nitrogen and oxygen atoms in total. The van der Waals surface area contributed by atoms with Crippen molar-refractivity contribution in [2.24, 2.45) is 46.3 Å². The van der Waals surface area contributed by atoms with Crippen molar-refractivity contribution in [3.05, 3.63) is 0 Å². The van der Waals surface area contributed by atoms with Crippen molar-refractivity contribution in [3.8, 4) is 0 Å². The van der Waals surface area contributed by atoms with Crippen molar-refractivity contribution >= 4 is 5.97 Å². The lowest BCUT2D eigenvalue weighted by atomic mass is 9.43. The van der Waals surface area contributed by atoms with Crippen molar-refractivity contribution in [2.45, 2.75) is 96.9 Å². The number of hydrogen-bond donors (Lipinski definition) is 3. The van der Waals surface area contributed by atoms with E-state index in [0.29, 0.717) is 36.5 Å². The molecule has 4 rings (SSSR count). The second-order valence-electron chi connectivity index (χ2n) is 11.6. The van der Waals surface area contributed by atoms with Crippen LogP contribution in [0, 0.1) is 46.3 Å².